The Balaban J connectivity index is 0.00000576. The lowest BCUT2D eigenvalue weighted by Gasteiger charge is -2.42. The molecule has 0 aromatic heterocycles. The number of carbonyl (C=O) groups excluding carboxylic acids is 4. The molecule has 0 aromatic carbocycles. The molecule has 0 radical (unpaired) electrons. The van der Waals surface area contributed by atoms with Gasteiger partial charge in [-0.3, -0.25) is 19.2 Å². The Hall–Kier alpha value is -1.91. The van der Waals surface area contributed by atoms with Gasteiger partial charge in [0, 0.05) is 27.7 Å². The van der Waals surface area contributed by atoms with Crippen LogP contribution in [-0.4, -0.2) is 61.1 Å². The topological polar surface area (TPSA) is 140 Å². The molecule has 0 unspecified atom stereocenters. The molecule has 0 amide bonds. The van der Waals surface area contributed by atoms with Crippen LogP contribution < -0.4 is 5.73 Å². The lowest BCUT2D eigenvalue weighted by atomic mass is 9.97. The summed E-state index contributed by atoms with van der Waals surface area (Å²) in [6, 6.07) is -1.10. The summed E-state index contributed by atoms with van der Waals surface area (Å²) in [7, 11) is 0. The third-order valence-electron chi connectivity index (χ3n) is 3.03. The lowest BCUT2D eigenvalue weighted by Crippen LogP contribution is -2.65. The average molecular weight is 384 g/mol. The molecule has 0 spiro atoms. The van der Waals surface area contributed by atoms with Crippen molar-refractivity contribution in [1.29, 1.82) is 0 Å². The number of hydrogen-bond acceptors (Lipinski definition) is 10. The van der Waals surface area contributed by atoms with Crippen LogP contribution >= 0.6 is 12.4 Å². The van der Waals surface area contributed by atoms with Crippen LogP contribution in [0.5, 0.6) is 0 Å². The first-order valence-corrected chi connectivity index (χ1v) is 7.18. The van der Waals surface area contributed by atoms with E-state index in [1.54, 1.807) is 0 Å². The fourth-order valence-electron chi connectivity index (χ4n) is 2.20. The number of hydrogen-bond donors (Lipinski definition) is 1. The summed E-state index contributed by atoms with van der Waals surface area (Å²) in [4.78, 5) is 44.9. The summed E-state index contributed by atoms with van der Waals surface area (Å²) in [6.07, 6.45) is -4.58. The van der Waals surface area contributed by atoms with Crippen LogP contribution in [0.1, 0.15) is 27.7 Å². The predicted octanol–water partition coefficient (Wildman–Crippen LogP) is -0.550. The molecule has 5 atom stereocenters. The van der Waals surface area contributed by atoms with Crippen molar-refractivity contribution in [2.24, 2.45) is 5.73 Å². The second kappa shape index (κ2) is 10.2. The lowest BCUT2D eigenvalue weighted by molar-refractivity contribution is -0.267. The molecule has 1 fully saturated rings. The van der Waals surface area contributed by atoms with Gasteiger partial charge in [0.25, 0.3) is 0 Å². The standard InChI is InChI=1S/C14H21NO9.ClH/c1-6(16)20-5-10-12(21-7(2)17)13(22-8(3)18)11(15)14(24-10)23-9(4)19;/h10-14H,5,15H2,1-4H3;1H/t10-,11+,12-,13+,14+;/m1./s1. The number of rotatable bonds is 5. The Morgan fingerprint density at radius 2 is 1.32 bits per heavy atom. The minimum Gasteiger partial charge on any atom is -0.463 e. The molecule has 1 heterocycles. The van der Waals surface area contributed by atoms with Gasteiger partial charge >= 0.3 is 23.9 Å². The van der Waals surface area contributed by atoms with Gasteiger partial charge < -0.3 is 29.4 Å². The van der Waals surface area contributed by atoms with E-state index in [1.165, 1.54) is 6.92 Å². The third-order valence-corrected chi connectivity index (χ3v) is 3.03. The zero-order chi connectivity index (χ0) is 18.4. The molecule has 1 saturated heterocycles. The Labute approximate surface area is 150 Å². The van der Waals surface area contributed by atoms with Crippen molar-refractivity contribution in [3.05, 3.63) is 0 Å². The molecule has 25 heavy (non-hydrogen) atoms. The van der Waals surface area contributed by atoms with E-state index in [1.807, 2.05) is 0 Å². The van der Waals surface area contributed by atoms with E-state index in [-0.39, 0.29) is 19.0 Å². The molecule has 0 bridgehead atoms. The van der Waals surface area contributed by atoms with Crippen molar-refractivity contribution < 1.29 is 42.9 Å². The van der Waals surface area contributed by atoms with Gasteiger partial charge in [-0.1, -0.05) is 0 Å². The Bertz CT molecular complexity index is 497. The summed E-state index contributed by atoms with van der Waals surface area (Å²) in [5, 5.41) is 0. The van der Waals surface area contributed by atoms with Gasteiger partial charge in [0.15, 0.2) is 12.2 Å². The molecule has 1 rings (SSSR count). The number of esters is 4. The van der Waals surface area contributed by atoms with Gasteiger partial charge in [-0.15, -0.1) is 12.4 Å². The van der Waals surface area contributed by atoms with Gasteiger partial charge in [0.05, 0.1) is 0 Å². The second-order valence-corrected chi connectivity index (χ2v) is 5.18. The average Bonchev–Trinajstić information content (AvgIpc) is 2.42. The highest BCUT2D eigenvalue weighted by Gasteiger charge is 2.50. The van der Waals surface area contributed by atoms with Crippen LogP contribution in [0.25, 0.3) is 0 Å². The summed E-state index contributed by atoms with van der Waals surface area (Å²) in [5.41, 5.74) is 5.93. The molecule has 2 N–H and O–H groups in total. The zero-order valence-corrected chi connectivity index (χ0v) is 15.1. The molecule has 0 saturated carbocycles. The zero-order valence-electron chi connectivity index (χ0n) is 14.3. The number of nitrogens with two attached hydrogens (primary N) is 1. The quantitative estimate of drug-likeness (QED) is 0.485. The van der Waals surface area contributed by atoms with Crippen LogP contribution in [0.3, 0.4) is 0 Å². The molecule has 1 aliphatic heterocycles. The van der Waals surface area contributed by atoms with Crippen molar-refractivity contribution in [1.82, 2.24) is 0 Å². The third kappa shape index (κ3) is 7.24. The Morgan fingerprint density at radius 3 is 1.76 bits per heavy atom. The number of ether oxygens (including phenoxy) is 5. The molecular formula is C14H22ClNO9. The maximum absolute atomic E-state index is 11.3. The smallest absolute Gasteiger partial charge is 0.304 e. The number of carbonyl (C=O) groups is 4. The van der Waals surface area contributed by atoms with E-state index in [4.69, 9.17) is 29.4 Å². The van der Waals surface area contributed by atoms with Gasteiger partial charge in [0.2, 0.25) is 6.29 Å². The highest BCUT2D eigenvalue weighted by Crippen LogP contribution is 2.26. The fourth-order valence-corrected chi connectivity index (χ4v) is 2.20. The van der Waals surface area contributed by atoms with E-state index in [2.05, 4.69) is 0 Å². The van der Waals surface area contributed by atoms with Crippen LogP contribution in [-0.2, 0) is 42.9 Å². The van der Waals surface area contributed by atoms with Crippen LogP contribution in [0.15, 0.2) is 0 Å². The molecule has 0 aromatic rings. The molecule has 0 aliphatic carbocycles. The summed E-state index contributed by atoms with van der Waals surface area (Å²) in [5.74, 6) is -2.62. The largest absolute Gasteiger partial charge is 0.463 e. The SMILES string of the molecule is CC(=O)OC[C@H]1O[C@H](OC(C)=O)[C@@H](N)[C@H](OC(C)=O)[C@@H]1OC(C)=O.Cl. The molecular weight excluding hydrogens is 362 g/mol. The van der Waals surface area contributed by atoms with Crippen molar-refractivity contribution in [3.8, 4) is 0 Å². The molecule has 11 heteroatoms. The van der Waals surface area contributed by atoms with Crippen molar-refractivity contribution in [2.45, 2.75) is 58.3 Å². The summed E-state index contributed by atoms with van der Waals surface area (Å²) < 4.78 is 25.5. The van der Waals surface area contributed by atoms with Crippen LogP contribution in [0.4, 0.5) is 0 Å². The molecule has 144 valence electrons. The van der Waals surface area contributed by atoms with Gasteiger partial charge in [-0.2, -0.15) is 0 Å². The minimum atomic E-state index is -1.26. The van der Waals surface area contributed by atoms with E-state index in [0.29, 0.717) is 0 Å². The van der Waals surface area contributed by atoms with E-state index < -0.39 is 54.5 Å². The first-order valence-electron chi connectivity index (χ1n) is 7.18. The summed E-state index contributed by atoms with van der Waals surface area (Å²) >= 11 is 0. The monoisotopic (exact) mass is 383 g/mol. The van der Waals surface area contributed by atoms with Crippen LogP contribution in [0, 0.1) is 0 Å². The van der Waals surface area contributed by atoms with E-state index >= 15 is 0 Å². The van der Waals surface area contributed by atoms with Crippen molar-refractivity contribution in [2.75, 3.05) is 6.61 Å². The maximum atomic E-state index is 11.3. The van der Waals surface area contributed by atoms with Gasteiger partial charge in [-0.25, -0.2) is 0 Å². The Kier molecular flexibility index (Phi) is 9.39. The Morgan fingerprint density at radius 1 is 0.840 bits per heavy atom. The van der Waals surface area contributed by atoms with E-state index in [9.17, 15) is 19.2 Å². The maximum Gasteiger partial charge on any atom is 0.304 e. The van der Waals surface area contributed by atoms with Gasteiger partial charge in [-0.05, 0) is 0 Å². The summed E-state index contributed by atoms with van der Waals surface area (Å²) in [6.45, 7) is 4.32. The molecule has 10 nitrogen and oxygen atoms in total. The fraction of sp³-hybridized carbons (Fsp3) is 0.714. The first-order chi connectivity index (χ1) is 11.1. The normalized spacial score (nSPS) is 28.1. The number of halogens is 1. The molecule has 1 aliphatic rings. The minimum absolute atomic E-state index is 0. The first kappa shape index (κ1) is 23.1. The van der Waals surface area contributed by atoms with Gasteiger partial charge in [0.1, 0.15) is 18.8 Å². The van der Waals surface area contributed by atoms with E-state index in [0.717, 1.165) is 20.8 Å². The van der Waals surface area contributed by atoms with Crippen molar-refractivity contribution >= 4 is 36.3 Å². The van der Waals surface area contributed by atoms with Crippen molar-refractivity contribution in [3.63, 3.8) is 0 Å². The highest BCUT2D eigenvalue weighted by atomic mass is 35.5. The second-order valence-electron chi connectivity index (χ2n) is 5.18. The van der Waals surface area contributed by atoms with Crippen LogP contribution in [0.2, 0.25) is 0 Å². The predicted molar refractivity (Wildman–Crippen MR) is 83.4 cm³/mol. The highest BCUT2D eigenvalue weighted by molar-refractivity contribution is 5.85.